The largest absolute Gasteiger partial charge is 0.480 e. The first-order valence-electron chi connectivity index (χ1n) is 7.96. The van der Waals surface area contributed by atoms with Gasteiger partial charge in [0.1, 0.15) is 6.04 Å². The summed E-state index contributed by atoms with van der Waals surface area (Å²) in [6, 6.07) is -0.940. The van der Waals surface area contributed by atoms with Crippen LogP contribution in [0.1, 0.15) is 32.6 Å². The third-order valence-electron chi connectivity index (χ3n) is 4.84. The Kier molecular flexibility index (Phi) is 5.45. The molecule has 120 valence electrons. The van der Waals surface area contributed by atoms with Crippen LogP contribution in [0.25, 0.3) is 0 Å². The Labute approximate surface area is 126 Å². The molecule has 0 radical (unpaired) electrons. The number of aliphatic carboxylic acids is 1. The van der Waals surface area contributed by atoms with Crippen LogP contribution in [-0.2, 0) is 4.79 Å². The normalized spacial score (nSPS) is 22.3. The van der Waals surface area contributed by atoms with Crippen LogP contribution in [0.4, 0.5) is 4.79 Å². The summed E-state index contributed by atoms with van der Waals surface area (Å²) in [6.45, 7) is 6.63. The highest BCUT2D eigenvalue weighted by Crippen LogP contribution is 2.21. The molecule has 2 fully saturated rings. The highest BCUT2D eigenvalue weighted by Gasteiger charge is 2.29. The lowest BCUT2D eigenvalue weighted by Gasteiger charge is -2.36. The number of likely N-dealkylation sites (N-methyl/N-ethyl adjacent to an activating group) is 1. The molecule has 6 heteroatoms. The Balaban J connectivity index is 1.77. The minimum Gasteiger partial charge on any atom is -0.480 e. The average Bonchev–Trinajstić information content (AvgIpc) is 2.98. The van der Waals surface area contributed by atoms with Crippen molar-refractivity contribution in [3.05, 3.63) is 0 Å². The van der Waals surface area contributed by atoms with Gasteiger partial charge in [0.05, 0.1) is 0 Å². The molecule has 0 spiro atoms. The van der Waals surface area contributed by atoms with Crippen LogP contribution < -0.4 is 0 Å². The fraction of sp³-hybridized carbons (Fsp3) is 0.867. The number of piperidine rings is 1. The van der Waals surface area contributed by atoms with E-state index in [0.29, 0.717) is 5.92 Å². The van der Waals surface area contributed by atoms with Crippen LogP contribution in [0.3, 0.4) is 0 Å². The van der Waals surface area contributed by atoms with Gasteiger partial charge in [0.15, 0.2) is 0 Å². The van der Waals surface area contributed by atoms with Crippen LogP contribution in [-0.4, -0.2) is 77.6 Å². The summed E-state index contributed by atoms with van der Waals surface area (Å²) >= 11 is 0. The van der Waals surface area contributed by atoms with Gasteiger partial charge in [0, 0.05) is 26.7 Å². The number of nitrogens with zero attached hydrogens (tertiary/aromatic N) is 3. The number of carboxylic acids is 1. The number of amides is 2. The van der Waals surface area contributed by atoms with E-state index in [2.05, 4.69) is 4.90 Å². The SMILES string of the molecule is CC(C(=O)O)N(C)C(=O)N1CCC(CN2CCCC2)CC1. The molecule has 0 saturated carbocycles. The van der Waals surface area contributed by atoms with Crippen molar-refractivity contribution in [2.24, 2.45) is 5.92 Å². The van der Waals surface area contributed by atoms with Gasteiger partial charge in [0.2, 0.25) is 0 Å². The molecule has 0 aliphatic carbocycles. The maximum absolute atomic E-state index is 12.3. The Bertz CT molecular complexity index is 374. The molecule has 1 N–H and O–H groups in total. The Morgan fingerprint density at radius 1 is 1.19 bits per heavy atom. The van der Waals surface area contributed by atoms with Gasteiger partial charge >= 0.3 is 12.0 Å². The molecule has 6 nitrogen and oxygen atoms in total. The smallest absolute Gasteiger partial charge is 0.326 e. The second-order valence-corrected chi connectivity index (χ2v) is 6.35. The van der Waals surface area contributed by atoms with Gasteiger partial charge in [0.25, 0.3) is 0 Å². The molecule has 0 aromatic heterocycles. The second-order valence-electron chi connectivity index (χ2n) is 6.35. The first kappa shape index (κ1) is 16.1. The minimum atomic E-state index is -0.963. The number of rotatable bonds is 4. The Morgan fingerprint density at radius 3 is 2.29 bits per heavy atom. The predicted octanol–water partition coefficient (Wildman–Crippen LogP) is 1.32. The van der Waals surface area contributed by atoms with Gasteiger partial charge in [-0.1, -0.05) is 0 Å². The van der Waals surface area contributed by atoms with E-state index in [-0.39, 0.29) is 6.03 Å². The predicted molar refractivity (Wildman–Crippen MR) is 80.2 cm³/mol. The molecule has 2 aliphatic heterocycles. The molecule has 2 aliphatic rings. The summed E-state index contributed by atoms with van der Waals surface area (Å²) < 4.78 is 0. The van der Waals surface area contributed by atoms with Crippen molar-refractivity contribution >= 4 is 12.0 Å². The third kappa shape index (κ3) is 4.09. The summed E-state index contributed by atoms with van der Waals surface area (Å²) in [7, 11) is 1.57. The lowest BCUT2D eigenvalue weighted by atomic mass is 9.96. The third-order valence-corrected chi connectivity index (χ3v) is 4.84. The summed E-state index contributed by atoms with van der Waals surface area (Å²) in [5.41, 5.74) is 0. The van der Waals surface area contributed by atoms with E-state index in [0.717, 1.165) is 32.5 Å². The standard InChI is InChI=1S/C15H27N3O3/c1-12(14(19)20)16(2)15(21)18-9-5-13(6-10-18)11-17-7-3-4-8-17/h12-13H,3-11H2,1-2H3,(H,19,20). The molecule has 2 amide bonds. The maximum atomic E-state index is 12.3. The number of hydrogen-bond donors (Lipinski definition) is 1. The quantitative estimate of drug-likeness (QED) is 0.850. The zero-order chi connectivity index (χ0) is 15.4. The van der Waals surface area contributed by atoms with Crippen LogP contribution in [0.5, 0.6) is 0 Å². The van der Waals surface area contributed by atoms with Gasteiger partial charge < -0.3 is 19.8 Å². The summed E-state index contributed by atoms with van der Waals surface area (Å²) in [5, 5.41) is 8.98. The van der Waals surface area contributed by atoms with Crippen molar-refractivity contribution in [3.8, 4) is 0 Å². The number of carbonyl (C=O) groups is 2. The van der Waals surface area contributed by atoms with E-state index in [1.54, 1.807) is 18.9 Å². The summed E-state index contributed by atoms with van der Waals surface area (Å²) in [4.78, 5) is 28.9. The van der Waals surface area contributed by atoms with Crippen molar-refractivity contribution in [2.45, 2.75) is 38.6 Å². The summed E-state index contributed by atoms with van der Waals surface area (Å²) in [5.74, 6) is -0.288. The van der Waals surface area contributed by atoms with Crippen molar-refractivity contribution < 1.29 is 14.7 Å². The van der Waals surface area contributed by atoms with Gasteiger partial charge in [-0.15, -0.1) is 0 Å². The topological polar surface area (TPSA) is 64.1 Å². The first-order chi connectivity index (χ1) is 9.99. The van der Waals surface area contributed by atoms with E-state index >= 15 is 0 Å². The number of carboxylic acid groups (broad SMARTS) is 1. The van der Waals surface area contributed by atoms with Crippen molar-refractivity contribution in [2.75, 3.05) is 39.8 Å². The molecular weight excluding hydrogens is 270 g/mol. The number of likely N-dealkylation sites (tertiary alicyclic amines) is 2. The van der Waals surface area contributed by atoms with Gasteiger partial charge in [-0.3, -0.25) is 0 Å². The fourth-order valence-electron chi connectivity index (χ4n) is 3.19. The first-order valence-corrected chi connectivity index (χ1v) is 7.96. The molecule has 2 saturated heterocycles. The molecule has 1 unspecified atom stereocenters. The molecule has 0 aromatic carbocycles. The van der Waals surface area contributed by atoms with E-state index in [9.17, 15) is 9.59 Å². The second kappa shape index (κ2) is 7.11. The lowest BCUT2D eigenvalue weighted by Crippen LogP contribution is -2.50. The summed E-state index contributed by atoms with van der Waals surface area (Å²) in [6.07, 6.45) is 4.68. The fourth-order valence-corrected chi connectivity index (χ4v) is 3.19. The van der Waals surface area contributed by atoms with Crippen molar-refractivity contribution in [1.29, 1.82) is 0 Å². The molecule has 21 heavy (non-hydrogen) atoms. The van der Waals surface area contributed by atoms with Crippen LogP contribution in [0, 0.1) is 5.92 Å². The monoisotopic (exact) mass is 297 g/mol. The highest BCUT2D eigenvalue weighted by atomic mass is 16.4. The minimum absolute atomic E-state index is 0.162. The molecule has 2 rings (SSSR count). The van der Waals surface area contributed by atoms with Crippen LogP contribution in [0.2, 0.25) is 0 Å². The molecule has 0 bridgehead atoms. The van der Waals surface area contributed by atoms with Crippen molar-refractivity contribution in [1.82, 2.24) is 14.7 Å². The van der Waals surface area contributed by atoms with Gasteiger partial charge in [-0.05, 0) is 51.6 Å². The van der Waals surface area contributed by atoms with Crippen molar-refractivity contribution in [3.63, 3.8) is 0 Å². The number of hydrogen-bond acceptors (Lipinski definition) is 3. The molecular formula is C15H27N3O3. The van der Waals surface area contributed by atoms with Crippen LogP contribution >= 0.6 is 0 Å². The molecule has 0 aromatic rings. The zero-order valence-electron chi connectivity index (χ0n) is 13.1. The Hall–Kier alpha value is -1.30. The van der Waals surface area contributed by atoms with Crippen LogP contribution in [0.15, 0.2) is 0 Å². The van der Waals surface area contributed by atoms with E-state index in [1.807, 2.05) is 0 Å². The Morgan fingerprint density at radius 2 is 1.76 bits per heavy atom. The number of carbonyl (C=O) groups excluding carboxylic acids is 1. The van der Waals surface area contributed by atoms with E-state index < -0.39 is 12.0 Å². The highest BCUT2D eigenvalue weighted by molar-refractivity contribution is 5.82. The van der Waals surface area contributed by atoms with Gasteiger partial charge in [-0.25, -0.2) is 9.59 Å². The maximum Gasteiger partial charge on any atom is 0.326 e. The molecule has 1 atom stereocenters. The average molecular weight is 297 g/mol. The van der Waals surface area contributed by atoms with Gasteiger partial charge in [-0.2, -0.15) is 0 Å². The zero-order valence-corrected chi connectivity index (χ0v) is 13.1. The lowest BCUT2D eigenvalue weighted by molar-refractivity contribution is -0.141. The molecule has 2 heterocycles. The van der Waals surface area contributed by atoms with E-state index in [4.69, 9.17) is 5.11 Å². The van der Waals surface area contributed by atoms with E-state index in [1.165, 1.54) is 30.8 Å². The number of urea groups is 1.